The predicted octanol–water partition coefficient (Wildman–Crippen LogP) is 4.27. The molecule has 0 saturated carbocycles. The zero-order valence-corrected chi connectivity index (χ0v) is 11.5. The smallest absolute Gasteiger partial charge is 0.137 e. The number of aryl methyl sites for hydroxylation is 1. The quantitative estimate of drug-likeness (QED) is 0.907. The second-order valence-corrected chi connectivity index (χ2v) is 4.52. The number of nitrogens with one attached hydrogen (secondary N) is 1. The molecule has 0 heterocycles. The maximum atomic E-state index is 8.83. The number of ether oxygens (including phenoxy) is 1. The van der Waals surface area contributed by atoms with Gasteiger partial charge < -0.3 is 10.1 Å². The monoisotopic (exact) mass is 272 g/mol. The first-order chi connectivity index (χ1) is 9.13. The SMILES string of the molecule is COc1ccc(Nc2ccc(C#N)cc2C)cc1Cl. The van der Waals surface area contributed by atoms with Crippen molar-refractivity contribution in [1.82, 2.24) is 0 Å². The van der Waals surface area contributed by atoms with Crippen LogP contribution in [0, 0.1) is 18.3 Å². The fourth-order valence-corrected chi connectivity index (χ4v) is 2.03. The van der Waals surface area contributed by atoms with Gasteiger partial charge in [0.05, 0.1) is 23.8 Å². The van der Waals surface area contributed by atoms with Crippen molar-refractivity contribution >= 4 is 23.0 Å². The fraction of sp³-hybridized carbons (Fsp3) is 0.133. The van der Waals surface area contributed by atoms with Crippen LogP contribution in [0.3, 0.4) is 0 Å². The average molecular weight is 273 g/mol. The Morgan fingerprint density at radius 1 is 1.21 bits per heavy atom. The number of hydrogen-bond acceptors (Lipinski definition) is 3. The summed E-state index contributed by atoms with van der Waals surface area (Å²) in [6.07, 6.45) is 0. The van der Waals surface area contributed by atoms with Gasteiger partial charge in [0.15, 0.2) is 0 Å². The summed E-state index contributed by atoms with van der Waals surface area (Å²) in [5, 5.41) is 12.7. The molecule has 0 aliphatic heterocycles. The molecular formula is C15H13ClN2O. The standard InChI is InChI=1S/C15H13ClN2O/c1-10-7-11(9-17)3-5-14(10)18-12-4-6-15(19-2)13(16)8-12/h3-8,18H,1-2H3. The molecule has 0 atom stereocenters. The third-order valence-electron chi connectivity index (χ3n) is 2.79. The number of halogens is 1. The third-order valence-corrected chi connectivity index (χ3v) is 3.08. The van der Waals surface area contributed by atoms with Gasteiger partial charge >= 0.3 is 0 Å². The van der Waals surface area contributed by atoms with Crippen molar-refractivity contribution in [2.45, 2.75) is 6.92 Å². The van der Waals surface area contributed by atoms with Gasteiger partial charge in [-0.3, -0.25) is 0 Å². The summed E-state index contributed by atoms with van der Waals surface area (Å²) in [6, 6.07) is 13.1. The van der Waals surface area contributed by atoms with Crippen LogP contribution in [-0.2, 0) is 0 Å². The molecule has 0 fully saturated rings. The van der Waals surface area contributed by atoms with E-state index < -0.39 is 0 Å². The third kappa shape index (κ3) is 2.98. The van der Waals surface area contributed by atoms with Gasteiger partial charge in [-0.15, -0.1) is 0 Å². The number of benzene rings is 2. The van der Waals surface area contributed by atoms with Gasteiger partial charge in [-0.1, -0.05) is 11.6 Å². The fourth-order valence-electron chi connectivity index (χ4n) is 1.77. The molecule has 2 rings (SSSR count). The molecule has 0 saturated heterocycles. The van der Waals surface area contributed by atoms with Crippen molar-refractivity contribution in [2.75, 3.05) is 12.4 Å². The summed E-state index contributed by atoms with van der Waals surface area (Å²) in [6.45, 7) is 1.95. The highest BCUT2D eigenvalue weighted by Crippen LogP contribution is 2.29. The van der Waals surface area contributed by atoms with E-state index in [1.165, 1.54) is 0 Å². The molecule has 4 heteroatoms. The number of hydrogen-bond donors (Lipinski definition) is 1. The van der Waals surface area contributed by atoms with Crippen LogP contribution < -0.4 is 10.1 Å². The molecule has 3 nitrogen and oxygen atoms in total. The summed E-state index contributed by atoms with van der Waals surface area (Å²) in [4.78, 5) is 0. The number of rotatable bonds is 3. The zero-order valence-electron chi connectivity index (χ0n) is 10.7. The van der Waals surface area contributed by atoms with Crippen molar-refractivity contribution in [3.05, 3.63) is 52.5 Å². The molecule has 0 aliphatic carbocycles. The largest absolute Gasteiger partial charge is 0.495 e. The molecular weight excluding hydrogens is 260 g/mol. The molecule has 0 aliphatic rings. The molecule has 0 unspecified atom stereocenters. The predicted molar refractivity (Wildman–Crippen MR) is 77.2 cm³/mol. The van der Waals surface area contributed by atoms with E-state index >= 15 is 0 Å². The minimum Gasteiger partial charge on any atom is -0.495 e. The van der Waals surface area contributed by atoms with Crippen molar-refractivity contribution in [1.29, 1.82) is 5.26 Å². The molecule has 0 aromatic heterocycles. The van der Waals surface area contributed by atoms with Gasteiger partial charge in [0.1, 0.15) is 5.75 Å². The molecule has 1 N–H and O–H groups in total. The maximum Gasteiger partial charge on any atom is 0.137 e. The van der Waals surface area contributed by atoms with Crippen LogP contribution in [0.2, 0.25) is 5.02 Å². The number of anilines is 2. The van der Waals surface area contributed by atoms with E-state index in [4.69, 9.17) is 21.6 Å². The van der Waals surface area contributed by atoms with Crippen molar-refractivity contribution in [2.24, 2.45) is 0 Å². The van der Waals surface area contributed by atoms with E-state index in [9.17, 15) is 0 Å². The second-order valence-electron chi connectivity index (χ2n) is 4.12. The van der Waals surface area contributed by atoms with Gasteiger partial charge in [0.25, 0.3) is 0 Å². The molecule has 2 aromatic carbocycles. The van der Waals surface area contributed by atoms with Gasteiger partial charge in [0.2, 0.25) is 0 Å². The van der Waals surface area contributed by atoms with Crippen LogP contribution in [0.4, 0.5) is 11.4 Å². The Morgan fingerprint density at radius 2 is 2.00 bits per heavy atom. The summed E-state index contributed by atoms with van der Waals surface area (Å²) >= 11 is 6.08. The normalized spacial score (nSPS) is 9.79. The second kappa shape index (κ2) is 5.64. The first kappa shape index (κ1) is 13.3. The van der Waals surface area contributed by atoms with Crippen molar-refractivity contribution < 1.29 is 4.74 Å². The highest BCUT2D eigenvalue weighted by atomic mass is 35.5. The highest BCUT2D eigenvalue weighted by Gasteiger charge is 2.04. The Kier molecular flexibility index (Phi) is 3.94. The van der Waals surface area contributed by atoms with Gasteiger partial charge in [-0.25, -0.2) is 0 Å². The van der Waals surface area contributed by atoms with Gasteiger partial charge in [0, 0.05) is 11.4 Å². The molecule has 0 amide bonds. The number of nitriles is 1. The van der Waals surface area contributed by atoms with Crippen LogP contribution in [0.5, 0.6) is 5.75 Å². The lowest BCUT2D eigenvalue weighted by atomic mass is 10.1. The molecule has 0 radical (unpaired) electrons. The lowest BCUT2D eigenvalue weighted by Gasteiger charge is -2.11. The minimum atomic E-state index is 0.554. The van der Waals surface area contributed by atoms with E-state index in [1.54, 1.807) is 19.2 Å². The van der Waals surface area contributed by atoms with E-state index in [1.807, 2.05) is 31.2 Å². The summed E-state index contributed by atoms with van der Waals surface area (Å²) in [5.74, 6) is 0.642. The van der Waals surface area contributed by atoms with E-state index in [0.717, 1.165) is 16.9 Å². The molecule has 19 heavy (non-hydrogen) atoms. The van der Waals surface area contributed by atoms with Crippen LogP contribution in [-0.4, -0.2) is 7.11 Å². The molecule has 96 valence electrons. The summed E-state index contributed by atoms with van der Waals surface area (Å²) < 4.78 is 5.11. The Bertz CT molecular complexity index is 647. The van der Waals surface area contributed by atoms with Crippen LogP contribution in [0.1, 0.15) is 11.1 Å². The molecule has 0 bridgehead atoms. The lowest BCUT2D eigenvalue weighted by Crippen LogP contribution is -1.94. The molecule has 2 aromatic rings. The highest BCUT2D eigenvalue weighted by molar-refractivity contribution is 6.32. The van der Waals surface area contributed by atoms with Crippen molar-refractivity contribution in [3.63, 3.8) is 0 Å². The van der Waals surface area contributed by atoms with Gasteiger partial charge in [-0.05, 0) is 48.9 Å². The van der Waals surface area contributed by atoms with Crippen LogP contribution >= 0.6 is 11.6 Å². The first-order valence-electron chi connectivity index (χ1n) is 5.75. The van der Waals surface area contributed by atoms with E-state index in [0.29, 0.717) is 16.3 Å². The minimum absolute atomic E-state index is 0.554. The summed E-state index contributed by atoms with van der Waals surface area (Å²) in [7, 11) is 1.58. The van der Waals surface area contributed by atoms with E-state index in [-0.39, 0.29) is 0 Å². The Hall–Kier alpha value is -2.18. The first-order valence-corrected chi connectivity index (χ1v) is 6.13. The Balaban J connectivity index is 2.26. The average Bonchev–Trinajstić information content (AvgIpc) is 2.41. The Morgan fingerprint density at radius 3 is 2.58 bits per heavy atom. The van der Waals surface area contributed by atoms with Crippen LogP contribution in [0.25, 0.3) is 0 Å². The topological polar surface area (TPSA) is 45.0 Å². The number of nitrogens with zero attached hydrogens (tertiary/aromatic N) is 1. The zero-order chi connectivity index (χ0) is 13.8. The Labute approximate surface area is 117 Å². The maximum absolute atomic E-state index is 8.83. The van der Waals surface area contributed by atoms with Crippen LogP contribution in [0.15, 0.2) is 36.4 Å². The van der Waals surface area contributed by atoms with E-state index in [2.05, 4.69) is 11.4 Å². The number of methoxy groups -OCH3 is 1. The summed E-state index contributed by atoms with van der Waals surface area (Å²) in [5.41, 5.74) is 3.47. The molecule has 0 spiro atoms. The van der Waals surface area contributed by atoms with Gasteiger partial charge in [-0.2, -0.15) is 5.26 Å². The van der Waals surface area contributed by atoms with Crippen molar-refractivity contribution in [3.8, 4) is 11.8 Å². The lowest BCUT2D eigenvalue weighted by molar-refractivity contribution is 0.415.